The molecule has 3 N–H and O–H groups in total. The van der Waals surface area contributed by atoms with Crippen molar-refractivity contribution in [1.82, 2.24) is 5.32 Å². The number of hydrogen-bond acceptors (Lipinski definition) is 3. The minimum absolute atomic E-state index is 0.0241. The lowest BCUT2D eigenvalue weighted by atomic mass is 10.1. The Balaban J connectivity index is 1.73. The van der Waals surface area contributed by atoms with E-state index in [4.69, 9.17) is 4.74 Å². The number of likely N-dealkylation sites (N-methyl/N-ethyl adjacent to an activating group) is 1. The summed E-state index contributed by atoms with van der Waals surface area (Å²) < 4.78 is 44.8. The number of carbonyl (C=O) groups excluding carboxylic acids is 2. The van der Waals surface area contributed by atoms with Gasteiger partial charge in [-0.05, 0) is 36.2 Å². The number of amides is 2. The van der Waals surface area contributed by atoms with Crippen LogP contribution < -0.4 is 20.3 Å². The number of carbonyl (C=O) groups is 2. The minimum Gasteiger partial charge on any atom is -0.497 e. The molecule has 1 unspecified atom stereocenters. The summed E-state index contributed by atoms with van der Waals surface area (Å²) in [5.74, 6) is -4.58. The number of quaternary nitrogens is 1. The molecule has 0 fully saturated rings. The van der Waals surface area contributed by atoms with Crippen molar-refractivity contribution >= 4 is 17.5 Å². The van der Waals surface area contributed by atoms with Gasteiger partial charge in [0.05, 0.1) is 19.8 Å². The number of rotatable bonds is 9. The molecule has 0 aliphatic rings. The summed E-state index contributed by atoms with van der Waals surface area (Å²) in [5.41, 5.74) is 0.588. The van der Waals surface area contributed by atoms with Gasteiger partial charge >= 0.3 is 0 Å². The van der Waals surface area contributed by atoms with Crippen LogP contribution in [0.3, 0.4) is 0 Å². The molecule has 2 aromatic carbocycles. The van der Waals surface area contributed by atoms with Gasteiger partial charge in [-0.15, -0.1) is 0 Å². The predicted octanol–water partition coefficient (Wildman–Crippen LogP) is 0.925. The largest absolute Gasteiger partial charge is 0.497 e. The molecular weight excluding hydrogens is 387 g/mol. The van der Waals surface area contributed by atoms with E-state index >= 15 is 0 Å². The Bertz CT molecular complexity index is 860. The van der Waals surface area contributed by atoms with E-state index in [1.54, 1.807) is 14.2 Å². The average Bonchev–Trinajstić information content (AvgIpc) is 2.68. The predicted molar refractivity (Wildman–Crippen MR) is 101 cm³/mol. The molecular formula is C20H23F3N3O3+. The van der Waals surface area contributed by atoms with Crippen LogP contribution in [0.4, 0.5) is 18.9 Å². The zero-order valence-corrected chi connectivity index (χ0v) is 16.2. The zero-order chi connectivity index (χ0) is 21.4. The number of anilines is 1. The lowest BCUT2D eigenvalue weighted by Crippen LogP contribution is -3.11. The summed E-state index contributed by atoms with van der Waals surface area (Å²) in [4.78, 5) is 24.5. The highest BCUT2D eigenvalue weighted by atomic mass is 19.2. The molecule has 1 atom stereocenters. The van der Waals surface area contributed by atoms with Crippen molar-refractivity contribution in [3.05, 3.63) is 59.4 Å². The van der Waals surface area contributed by atoms with Crippen molar-refractivity contribution in [3.63, 3.8) is 0 Å². The maximum atomic E-state index is 13.6. The molecule has 29 heavy (non-hydrogen) atoms. The van der Waals surface area contributed by atoms with Gasteiger partial charge in [0, 0.05) is 6.54 Å². The molecule has 156 valence electrons. The number of benzene rings is 2. The Morgan fingerprint density at radius 3 is 2.28 bits per heavy atom. The number of methoxy groups -OCH3 is 1. The van der Waals surface area contributed by atoms with Crippen molar-refractivity contribution in [1.29, 1.82) is 0 Å². The first-order valence-corrected chi connectivity index (χ1v) is 8.94. The lowest BCUT2D eigenvalue weighted by Gasteiger charge is -2.14. The number of ether oxygens (including phenoxy) is 1. The van der Waals surface area contributed by atoms with E-state index in [2.05, 4.69) is 10.6 Å². The monoisotopic (exact) mass is 410 g/mol. The van der Waals surface area contributed by atoms with Gasteiger partial charge in [0.1, 0.15) is 5.75 Å². The Morgan fingerprint density at radius 1 is 0.966 bits per heavy atom. The quantitative estimate of drug-likeness (QED) is 0.539. The molecule has 0 spiro atoms. The van der Waals surface area contributed by atoms with Crippen LogP contribution in [-0.2, 0) is 16.0 Å². The van der Waals surface area contributed by atoms with Gasteiger partial charge in [0.25, 0.3) is 11.8 Å². The fourth-order valence-electron chi connectivity index (χ4n) is 2.63. The molecule has 2 aromatic rings. The van der Waals surface area contributed by atoms with Gasteiger partial charge in [-0.2, -0.15) is 0 Å². The standard InChI is InChI=1S/C20H22F3N3O3/c1-26(12-18(28)25-16-8-7-15(21)19(22)20(16)23)11-17(27)24-10-9-13-3-5-14(29-2)6-4-13/h3-8H,9-12H2,1-2H3,(H,24,27)(H,25,28)/p+1. The Morgan fingerprint density at radius 2 is 1.62 bits per heavy atom. The smallest absolute Gasteiger partial charge is 0.279 e. The van der Waals surface area contributed by atoms with E-state index < -0.39 is 29.0 Å². The Kier molecular flexibility index (Phi) is 8.02. The molecule has 0 radical (unpaired) electrons. The third-order valence-corrected chi connectivity index (χ3v) is 4.13. The molecule has 2 amide bonds. The molecule has 0 aromatic heterocycles. The van der Waals surface area contributed by atoms with Crippen molar-refractivity contribution in [2.45, 2.75) is 6.42 Å². The van der Waals surface area contributed by atoms with Crippen LogP contribution in [0.5, 0.6) is 5.75 Å². The molecule has 0 saturated heterocycles. The molecule has 0 aliphatic carbocycles. The van der Waals surface area contributed by atoms with E-state index in [0.29, 0.717) is 17.9 Å². The number of nitrogens with one attached hydrogen (secondary N) is 3. The Hall–Kier alpha value is -3.07. The molecule has 0 heterocycles. The summed E-state index contributed by atoms with van der Waals surface area (Å²) in [6.45, 7) is 0.311. The first kappa shape index (κ1) is 22.2. The average molecular weight is 410 g/mol. The maximum Gasteiger partial charge on any atom is 0.279 e. The highest BCUT2D eigenvalue weighted by molar-refractivity contribution is 5.91. The van der Waals surface area contributed by atoms with Crippen molar-refractivity contribution in [2.24, 2.45) is 0 Å². The first-order chi connectivity index (χ1) is 13.8. The SMILES string of the molecule is COc1ccc(CCNC(=O)C[NH+](C)CC(=O)Nc2ccc(F)c(F)c2F)cc1. The van der Waals surface area contributed by atoms with Crippen LogP contribution in [0.1, 0.15) is 5.56 Å². The van der Waals surface area contributed by atoms with Gasteiger partial charge in [0.2, 0.25) is 0 Å². The van der Waals surface area contributed by atoms with Crippen LogP contribution >= 0.6 is 0 Å². The third-order valence-electron chi connectivity index (χ3n) is 4.13. The Labute approximate surface area is 166 Å². The van der Waals surface area contributed by atoms with Gasteiger partial charge in [0.15, 0.2) is 30.5 Å². The van der Waals surface area contributed by atoms with Crippen LogP contribution in [0.15, 0.2) is 36.4 Å². The number of hydrogen-bond donors (Lipinski definition) is 3. The normalized spacial score (nSPS) is 11.6. The molecule has 9 heteroatoms. The van der Waals surface area contributed by atoms with E-state index in [-0.39, 0.29) is 19.0 Å². The fourth-order valence-corrected chi connectivity index (χ4v) is 2.63. The minimum atomic E-state index is -1.65. The van der Waals surface area contributed by atoms with Crippen LogP contribution in [-0.4, -0.2) is 45.6 Å². The van der Waals surface area contributed by atoms with Crippen molar-refractivity contribution in [3.8, 4) is 5.75 Å². The highest BCUT2D eigenvalue weighted by Crippen LogP contribution is 2.19. The van der Waals surface area contributed by atoms with E-state index in [1.165, 1.54) is 0 Å². The lowest BCUT2D eigenvalue weighted by molar-refractivity contribution is -0.862. The first-order valence-electron chi connectivity index (χ1n) is 8.94. The zero-order valence-electron chi connectivity index (χ0n) is 16.2. The molecule has 6 nitrogen and oxygen atoms in total. The second-order valence-corrected chi connectivity index (χ2v) is 6.53. The van der Waals surface area contributed by atoms with Crippen LogP contribution in [0, 0.1) is 17.5 Å². The van der Waals surface area contributed by atoms with E-state index in [0.717, 1.165) is 23.4 Å². The van der Waals surface area contributed by atoms with E-state index in [9.17, 15) is 22.8 Å². The van der Waals surface area contributed by atoms with Crippen molar-refractivity contribution in [2.75, 3.05) is 39.1 Å². The number of halogens is 3. The molecule has 0 saturated carbocycles. The molecule has 0 bridgehead atoms. The molecule has 2 rings (SSSR count). The summed E-state index contributed by atoms with van der Waals surface area (Å²) in [6.07, 6.45) is 0.644. The molecule has 0 aliphatic heterocycles. The van der Waals surface area contributed by atoms with Crippen molar-refractivity contribution < 1.29 is 32.4 Å². The van der Waals surface area contributed by atoms with Crippen LogP contribution in [0.2, 0.25) is 0 Å². The summed E-state index contributed by atoms with van der Waals surface area (Å²) in [6, 6.07) is 9.15. The van der Waals surface area contributed by atoms with Gasteiger partial charge in [-0.25, -0.2) is 13.2 Å². The van der Waals surface area contributed by atoms with Gasteiger partial charge < -0.3 is 20.3 Å². The summed E-state index contributed by atoms with van der Waals surface area (Å²) in [5, 5.41) is 4.94. The highest BCUT2D eigenvalue weighted by Gasteiger charge is 2.18. The second-order valence-electron chi connectivity index (χ2n) is 6.53. The maximum absolute atomic E-state index is 13.6. The summed E-state index contributed by atoms with van der Waals surface area (Å²) >= 11 is 0. The third kappa shape index (κ3) is 6.79. The van der Waals surface area contributed by atoms with Crippen LogP contribution in [0.25, 0.3) is 0 Å². The second kappa shape index (κ2) is 10.5. The van der Waals surface area contributed by atoms with Gasteiger partial charge in [-0.1, -0.05) is 12.1 Å². The topological polar surface area (TPSA) is 71.9 Å². The van der Waals surface area contributed by atoms with E-state index in [1.807, 2.05) is 24.3 Å². The fraction of sp³-hybridized carbons (Fsp3) is 0.300. The van der Waals surface area contributed by atoms with Gasteiger partial charge in [-0.3, -0.25) is 9.59 Å². The summed E-state index contributed by atoms with van der Waals surface area (Å²) in [7, 11) is 3.20.